The van der Waals surface area contributed by atoms with Crippen molar-refractivity contribution in [2.75, 3.05) is 13.2 Å². The van der Waals surface area contributed by atoms with Crippen LogP contribution in [0.2, 0.25) is 0 Å². The lowest BCUT2D eigenvalue weighted by Gasteiger charge is -2.18. The molecule has 0 saturated carbocycles. The molecule has 0 aliphatic heterocycles. The highest BCUT2D eigenvalue weighted by atomic mass is 16.6. The Morgan fingerprint density at radius 2 is 0.619 bits per heavy atom. The monoisotopic (exact) mass is 873 g/mol. The van der Waals surface area contributed by atoms with E-state index in [0.717, 1.165) is 116 Å². The van der Waals surface area contributed by atoms with Gasteiger partial charge in [-0.1, -0.05) is 175 Å². The van der Waals surface area contributed by atoms with Crippen LogP contribution in [0.25, 0.3) is 0 Å². The van der Waals surface area contributed by atoms with Crippen molar-refractivity contribution in [3.05, 3.63) is 109 Å². The SMILES string of the molecule is CC/C=C\C/C=C\C/C=C\C/C=C\CCCCC(=O)OC[C@H](COC(=O)CCCC/C=C\C/C=C\C/C=C\CCCCC)OC(=O)CCCCCCC/C=C\C/C=C\CCCCC. The summed E-state index contributed by atoms with van der Waals surface area (Å²) in [6.45, 7) is 6.37. The average molecular weight is 873 g/mol. The molecule has 0 N–H and O–H groups in total. The predicted octanol–water partition coefficient (Wildman–Crippen LogP) is 16.8. The summed E-state index contributed by atoms with van der Waals surface area (Å²) in [4.78, 5) is 37.9. The third-order valence-corrected chi connectivity index (χ3v) is 10.2. The van der Waals surface area contributed by atoms with Gasteiger partial charge < -0.3 is 14.2 Å². The fourth-order valence-electron chi connectivity index (χ4n) is 6.41. The molecule has 0 fully saturated rings. The molecule has 0 saturated heterocycles. The van der Waals surface area contributed by atoms with Gasteiger partial charge >= 0.3 is 17.9 Å². The third kappa shape index (κ3) is 49.0. The van der Waals surface area contributed by atoms with Crippen molar-refractivity contribution in [3.63, 3.8) is 0 Å². The zero-order valence-electron chi connectivity index (χ0n) is 40.5. The first-order chi connectivity index (χ1) is 31.0. The minimum atomic E-state index is -0.819. The van der Waals surface area contributed by atoms with Gasteiger partial charge in [0, 0.05) is 19.3 Å². The van der Waals surface area contributed by atoms with Crippen molar-refractivity contribution < 1.29 is 28.6 Å². The molecule has 0 aliphatic rings. The Morgan fingerprint density at radius 1 is 0.333 bits per heavy atom. The lowest BCUT2D eigenvalue weighted by Crippen LogP contribution is -2.30. The van der Waals surface area contributed by atoms with Crippen LogP contribution in [0.15, 0.2) is 109 Å². The summed E-state index contributed by atoms with van der Waals surface area (Å²) in [7, 11) is 0. The summed E-state index contributed by atoms with van der Waals surface area (Å²) in [5.74, 6) is -1.02. The van der Waals surface area contributed by atoms with Crippen molar-refractivity contribution in [1.82, 2.24) is 0 Å². The van der Waals surface area contributed by atoms with Crippen LogP contribution in [-0.2, 0) is 28.6 Å². The van der Waals surface area contributed by atoms with Gasteiger partial charge in [-0.05, 0) is 128 Å². The topological polar surface area (TPSA) is 78.9 Å². The van der Waals surface area contributed by atoms with Crippen LogP contribution in [0.5, 0.6) is 0 Å². The third-order valence-electron chi connectivity index (χ3n) is 10.2. The first-order valence-corrected chi connectivity index (χ1v) is 25.4. The Hall–Kier alpha value is -3.93. The van der Waals surface area contributed by atoms with E-state index in [1.54, 1.807) is 0 Å². The van der Waals surface area contributed by atoms with Crippen LogP contribution in [0.4, 0.5) is 0 Å². The normalized spacial score (nSPS) is 13.0. The van der Waals surface area contributed by atoms with Gasteiger partial charge in [0.15, 0.2) is 6.10 Å². The maximum absolute atomic E-state index is 12.8. The maximum Gasteiger partial charge on any atom is 0.306 e. The molecule has 356 valence electrons. The second-order valence-corrected chi connectivity index (χ2v) is 16.3. The molecule has 0 aromatic carbocycles. The summed E-state index contributed by atoms with van der Waals surface area (Å²) < 4.78 is 16.7. The van der Waals surface area contributed by atoms with Crippen LogP contribution in [0, 0.1) is 0 Å². The highest BCUT2D eigenvalue weighted by molar-refractivity contribution is 5.71. The van der Waals surface area contributed by atoms with Crippen molar-refractivity contribution in [1.29, 1.82) is 0 Å². The van der Waals surface area contributed by atoms with Gasteiger partial charge in [-0.3, -0.25) is 14.4 Å². The molecule has 0 aliphatic carbocycles. The molecule has 0 bridgehead atoms. The van der Waals surface area contributed by atoms with E-state index < -0.39 is 6.10 Å². The van der Waals surface area contributed by atoms with Crippen molar-refractivity contribution in [2.24, 2.45) is 0 Å². The fraction of sp³-hybridized carbons (Fsp3) is 0.632. The van der Waals surface area contributed by atoms with Gasteiger partial charge in [-0.25, -0.2) is 0 Å². The highest BCUT2D eigenvalue weighted by Gasteiger charge is 2.19. The van der Waals surface area contributed by atoms with Crippen molar-refractivity contribution in [3.8, 4) is 0 Å². The number of carbonyl (C=O) groups is 3. The quantitative estimate of drug-likeness (QED) is 0.0263. The van der Waals surface area contributed by atoms with Crippen LogP contribution < -0.4 is 0 Å². The first-order valence-electron chi connectivity index (χ1n) is 25.4. The van der Waals surface area contributed by atoms with E-state index in [4.69, 9.17) is 14.2 Å². The van der Waals surface area contributed by atoms with Crippen LogP contribution in [0.1, 0.15) is 213 Å². The second-order valence-electron chi connectivity index (χ2n) is 16.3. The standard InChI is InChI=1S/C57H92O6/c1-4-7-10-13-16-19-22-25-28-31-34-37-40-43-46-49-55(58)61-52-54(63-57(60)51-48-45-42-39-36-33-30-27-24-21-18-15-12-9-6-3)53-62-56(59)50-47-44-41-38-35-32-29-26-23-20-17-14-11-8-5-2/h7,10,16-21,25-30,34-35,37-38,54H,4-6,8-9,11-15,22-24,31-33,36,39-53H2,1-3H3/b10-7-,19-16-,20-17-,21-18-,28-25-,29-26-,30-27-,37-34-,38-35-/t54-/m1/s1. The molecular weight excluding hydrogens is 781 g/mol. The van der Waals surface area contributed by atoms with Crippen molar-refractivity contribution in [2.45, 2.75) is 219 Å². The molecule has 6 nitrogen and oxygen atoms in total. The summed E-state index contributed by atoms with van der Waals surface area (Å²) in [5.41, 5.74) is 0. The summed E-state index contributed by atoms with van der Waals surface area (Å²) in [6.07, 6.45) is 67.8. The average Bonchev–Trinajstić information content (AvgIpc) is 3.28. The molecule has 0 radical (unpaired) electrons. The van der Waals surface area contributed by atoms with E-state index >= 15 is 0 Å². The summed E-state index contributed by atoms with van der Waals surface area (Å²) in [5, 5.41) is 0. The van der Waals surface area contributed by atoms with E-state index in [0.29, 0.717) is 25.7 Å². The number of allylic oxidation sites excluding steroid dienone is 18. The molecular formula is C57H92O6. The van der Waals surface area contributed by atoms with Crippen LogP contribution >= 0.6 is 0 Å². The van der Waals surface area contributed by atoms with Crippen LogP contribution in [0.3, 0.4) is 0 Å². The van der Waals surface area contributed by atoms with Gasteiger partial charge in [0.25, 0.3) is 0 Å². The number of ether oxygens (including phenoxy) is 3. The Labute approximate surface area is 387 Å². The van der Waals surface area contributed by atoms with Gasteiger partial charge in [0.05, 0.1) is 0 Å². The molecule has 6 heteroatoms. The summed E-state index contributed by atoms with van der Waals surface area (Å²) >= 11 is 0. The van der Waals surface area contributed by atoms with E-state index in [2.05, 4.69) is 130 Å². The minimum Gasteiger partial charge on any atom is -0.462 e. The Morgan fingerprint density at radius 3 is 1.00 bits per heavy atom. The molecule has 0 spiro atoms. The van der Waals surface area contributed by atoms with Gasteiger partial charge in [0.1, 0.15) is 13.2 Å². The minimum absolute atomic E-state index is 0.119. The summed E-state index contributed by atoms with van der Waals surface area (Å²) in [6, 6.07) is 0. The van der Waals surface area contributed by atoms with Crippen LogP contribution in [-0.4, -0.2) is 37.2 Å². The molecule has 0 aromatic rings. The van der Waals surface area contributed by atoms with Gasteiger partial charge in [0.2, 0.25) is 0 Å². The number of hydrogen-bond donors (Lipinski definition) is 0. The molecule has 0 rings (SSSR count). The zero-order valence-corrected chi connectivity index (χ0v) is 40.5. The lowest BCUT2D eigenvalue weighted by atomic mass is 10.1. The smallest absolute Gasteiger partial charge is 0.306 e. The van der Waals surface area contributed by atoms with E-state index in [1.165, 1.54) is 51.4 Å². The lowest BCUT2D eigenvalue weighted by molar-refractivity contribution is -0.167. The van der Waals surface area contributed by atoms with Gasteiger partial charge in [-0.15, -0.1) is 0 Å². The van der Waals surface area contributed by atoms with Crippen molar-refractivity contribution >= 4 is 17.9 Å². The number of unbranched alkanes of at least 4 members (excludes halogenated alkanes) is 15. The zero-order chi connectivity index (χ0) is 45.8. The molecule has 0 amide bonds. The largest absolute Gasteiger partial charge is 0.462 e. The van der Waals surface area contributed by atoms with E-state index in [-0.39, 0.29) is 31.1 Å². The Balaban J connectivity index is 4.56. The number of carbonyl (C=O) groups excluding carboxylic acids is 3. The highest BCUT2D eigenvalue weighted by Crippen LogP contribution is 2.12. The molecule has 1 atom stereocenters. The molecule has 63 heavy (non-hydrogen) atoms. The molecule has 0 heterocycles. The fourth-order valence-corrected chi connectivity index (χ4v) is 6.41. The van der Waals surface area contributed by atoms with E-state index in [1.807, 2.05) is 0 Å². The number of hydrogen-bond acceptors (Lipinski definition) is 6. The first kappa shape index (κ1) is 59.1. The Kier molecular flexibility index (Phi) is 47.5. The molecule has 0 unspecified atom stereocenters. The predicted molar refractivity (Wildman–Crippen MR) is 270 cm³/mol. The van der Waals surface area contributed by atoms with E-state index in [9.17, 15) is 14.4 Å². The molecule has 0 aromatic heterocycles. The number of esters is 3. The van der Waals surface area contributed by atoms with Gasteiger partial charge in [-0.2, -0.15) is 0 Å². The number of rotatable bonds is 44. The Bertz CT molecular complexity index is 1330. The second kappa shape index (κ2) is 50.7. The maximum atomic E-state index is 12.8.